The van der Waals surface area contributed by atoms with Gasteiger partial charge in [0.25, 0.3) is 0 Å². The number of rotatable bonds is 2. The van der Waals surface area contributed by atoms with E-state index in [-0.39, 0.29) is 16.7 Å². The lowest BCUT2D eigenvalue weighted by molar-refractivity contribution is -0.0328. The van der Waals surface area contributed by atoms with Gasteiger partial charge in [0.05, 0.1) is 10.7 Å². The minimum atomic E-state index is -4.24. The molecular weight excluding hydrogens is 328 g/mol. The number of hydrogen-bond acceptors (Lipinski definition) is 2. The van der Waals surface area contributed by atoms with Crippen LogP contribution in [0.15, 0.2) is 23.1 Å². The number of thioether (sulfide) groups is 1. The molecule has 1 rings (SSSR count). The van der Waals surface area contributed by atoms with Gasteiger partial charge in [0.2, 0.25) is 0 Å². The van der Waals surface area contributed by atoms with Crippen LogP contribution in [0, 0.1) is 3.57 Å². The van der Waals surface area contributed by atoms with Gasteiger partial charge in [-0.15, -0.1) is 0 Å². The molecule has 0 amide bonds. The van der Waals surface area contributed by atoms with E-state index >= 15 is 0 Å². The Morgan fingerprint density at radius 2 is 2.00 bits per heavy atom. The van der Waals surface area contributed by atoms with Gasteiger partial charge < -0.3 is 4.74 Å². The van der Waals surface area contributed by atoms with Crippen LogP contribution >= 0.6 is 34.4 Å². The van der Waals surface area contributed by atoms with Gasteiger partial charge in [-0.25, -0.2) is 0 Å². The van der Waals surface area contributed by atoms with Gasteiger partial charge in [0, 0.05) is 4.90 Å². The van der Waals surface area contributed by atoms with Gasteiger partial charge in [-0.3, -0.25) is 0 Å². The van der Waals surface area contributed by atoms with E-state index in [1.165, 1.54) is 25.3 Å². The third kappa shape index (κ3) is 3.56. The zero-order valence-electron chi connectivity index (χ0n) is 7.06. The highest BCUT2D eigenvalue weighted by Crippen LogP contribution is 2.38. The van der Waals surface area contributed by atoms with Crippen molar-refractivity contribution in [1.82, 2.24) is 0 Å². The van der Waals surface area contributed by atoms with E-state index in [9.17, 15) is 13.2 Å². The molecule has 0 unspecified atom stereocenters. The molecule has 0 aliphatic rings. The number of alkyl halides is 3. The third-order valence-corrected chi connectivity index (χ3v) is 2.92. The largest absolute Gasteiger partial charge is 0.496 e. The second-order valence-electron chi connectivity index (χ2n) is 2.34. The van der Waals surface area contributed by atoms with Gasteiger partial charge in [-0.1, -0.05) is 0 Å². The van der Waals surface area contributed by atoms with Gasteiger partial charge >= 0.3 is 5.51 Å². The molecule has 0 heterocycles. The summed E-state index contributed by atoms with van der Waals surface area (Å²) in [4.78, 5) is 0.169. The standard InChI is InChI=1S/C8H6F3IOS/c1-13-7-3-2-5(4-6(7)12)14-8(9,10)11/h2-4H,1H3. The maximum Gasteiger partial charge on any atom is 0.446 e. The fourth-order valence-corrected chi connectivity index (χ4v) is 2.37. The summed E-state index contributed by atoms with van der Waals surface area (Å²) in [6, 6.07) is 4.35. The lowest BCUT2D eigenvalue weighted by atomic mass is 10.3. The summed E-state index contributed by atoms with van der Waals surface area (Å²) in [5.41, 5.74) is -4.24. The zero-order valence-corrected chi connectivity index (χ0v) is 10.0. The van der Waals surface area contributed by atoms with Crippen molar-refractivity contribution in [3.05, 3.63) is 21.8 Å². The van der Waals surface area contributed by atoms with Crippen LogP contribution in [0.2, 0.25) is 0 Å². The smallest absolute Gasteiger partial charge is 0.446 e. The van der Waals surface area contributed by atoms with Crippen LogP contribution in [-0.4, -0.2) is 12.6 Å². The Morgan fingerprint density at radius 1 is 1.36 bits per heavy atom. The van der Waals surface area contributed by atoms with Crippen molar-refractivity contribution < 1.29 is 17.9 Å². The van der Waals surface area contributed by atoms with E-state index in [0.29, 0.717) is 9.32 Å². The normalized spacial score (nSPS) is 11.5. The zero-order chi connectivity index (χ0) is 10.8. The molecule has 78 valence electrons. The van der Waals surface area contributed by atoms with E-state index in [1.54, 1.807) is 0 Å². The molecule has 6 heteroatoms. The molecule has 0 saturated carbocycles. The van der Waals surface area contributed by atoms with Crippen molar-refractivity contribution >= 4 is 34.4 Å². The highest BCUT2D eigenvalue weighted by atomic mass is 127. The van der Waals surface area contributed by atoms with Gasteiger partial charge in [-0.2, -0.15) is 13.2 Å². The Morgan fingerprint density at radius 3 is 2.43 bits per heavy atom. The summed E-state index contributed by atoms with van der Waals surface area (Å²) in [5, 5.41) is 0. The number of ether oxygens (including phenoxy) is 1. The van der Waals surface area contributed by atoms with Crippen LogP contribution in [0.5, 0.6) is 5.75 Å². The fourth-order valence-electron chi connectivity index (χ4n) is 0.844. The van der Waals surface area contributed by atoms with Crippen LogP contribution in [0.25, 0.3) is 0 Å². The molecule has 0 aliphatic heterocycles. The molecule has 0 atom stereocenters. The topological polar surface area (TPSA) is 9.23 Å². The van der Waals surface area contributed by atoms with Crippen LogP contribution in [-0.2, 0) is 0 Å². The van der Waals surface area contributed by atoms with Crippen molar-refractivity contribution in [2.24, 2.45) is 0 Å². The van der Waals surface area contributed by atoms with Crippen molar-refractivity contribution in [2.45, 2.75) is 10.4 Å². The van der Waals surface area contributed by atoms with Crippen molar-refractivity contribution in [3.63, 3.8) is 0 Å². The Balaban J connectivity index is 2.87. The molecule has 0 bridgehead atoms. The first-order valence-electron chi connectivity index (χ1n) is 3.51. The van der Waals surface area contributed by atoms with Gasteiger partial charge in [0.15, 0.2) is 0 Å². The first-order chi connectivity index (χ1) is 6.42. The lowest BCUT2D eigenvalue weighted by Crippen LogP contribution is -1.99. The second kappa shape index (κ2) is 4.61. The van der Waals surface area contributed by atoms with E-state index in [4.69, 9.17) is 4.74 Å². The molecule has 14 heavy (non-hydrogen) atoms. The quantitative estimate of drug-likeness (QED) is 0.599. The van der Waals surface area contributed by atoms with E-state index < -0.39 is 5.51 Å². The monoisotopic (exact) mass is 334 g/mol. The molecule has 0 aromatic heterocycles. The summed E-state index contributed by atoms with van der Waals surface area (Å²) in [5.74, 6) is 0.581. The van der Waals surface area contributed by atoms with Gasteiger partial charge in [0.1, 0.15) is 5.75 Å². The van der Waals surface area contributed by atoms with Crippen molar-refractivity contribution in [1.29, 1.82) is 0 Å². The second-order valence-corrected chi connectivity index (χ2v) is 4.64. The summed E-state index contributed by atoms with van der Waals surface area (Å²) < 4.78 is 41.6. The van der Waals surface area contributed by atoms with E-state index in [0.717, 1.165) is 0 Å². The van der Waals surface area contributed by atoms with Crippen LogP contribution < -0.4 is 4.74 Å². The molecule has 0 N–H and O–H groups in total. The Labute approximate surface area is 97.2 Å². The number of methoxy groups -OCH3 is 1. The summed E-state index contributed by atoms with van der Waals surface area (Å²) >= 11 is 1.81. The fraction of sp³-hybridized carbons (Fsp3) is 0.250. The molecule has 0 saturated heterocycles. The van der Waals surface area contributed by atoms with Gasteiger partial charge in [-0.05, 0) is 52.6 Å². The highest BCUT2D eigenvalue weighted by Gasteiger charge is 2.29. The molecular formula is C8H6F3IOS. The SMILES string of the molecule is COc1ccc(SC(F)(F)F)cc1I. The predicted octanol–water partition coefficient (Wildman–Crippen LogP) is 3.91. The average molecular weight is 334 g/mol. The number of hydrogen-bond donors (Lipinski definition) is 0. The summed E-state index contributed by atoms with van der Waals surface area (Å²) in [6.45, 7) is 0. The average Bonchev–Trinajstić information content (AvgIpc) is 2.01. The predicted molar refractivity (Wildman–Crippen MR) is 57.6 cm³/mol. The molecule has 0 radical (unpaired) electrons. The Hall–Kier alpha value is -0.110. The van der Waals surface area contributed by atoms with E-state index in [2.05, 4.69) is 0 Å². The molecule has 1 aromatic carbocycles. The minimum absolute atomic E-state index is 0.126. The number of benzene rings is 1. The summed E-state index contributed by atoms with van der Waals surface area (Å²) in [6.07, 6.45) is 0. The maximum atomic E-state index is 12.0. The first-order valence-corrected chi connectivity index (χ1v) is 5.41. The van der Waals surface area contributed by atoms with Crippen LogP contribution in [0.3, 0.4) is 0 Å². The highest BCUT2D eigenvalue weighted by molar-refractivity contribution is 14.1. The van der Waals surface area contributed by atoms with Crippen LogP contribution in [0.4, 0.5) is 13.2 Å². The molecule has 0 fully saturated rings. The number of halogens is 4. The summed E-state index contributed by atoms with van der Waals surface area (Å²) in [7, 11) is 1.48. The minimum Gasteiger partial charge on any atom is -0.496 e. The maximum absolute atomic E-state index is 12.0. The van der Waals surface area contributed by atoms with Crippen LogP contribution in [0.1, 0.15) is 0 Å². The van der Waals surface area contributed by atoms with Crippen molar-refractivity contribution in [2.75, 3.05) is 7.11 Å². The van der Waals surface area contributed by atoms with E-state index in [1.807, 2.05) is 22.6 Å². The Kier molecular flexibility index (Phi) is 3.94. The lowest BCUT2D eigenvalue weighted by Gasteiger charge is -2.07. The Bertz CT molecular complexity index is 327. The van der Waals surface area contributed by atoms with Crippen molar-refractivity contribution in [3.8, 4) is 5.75 Å². The third-order valence-electron chi connectivity index (χ3n) is 1.36. The molecule has 1 nitrogen and oxygen atoms in total. The first kappa shape index (κ1) is 12.0. The molecule has 0 spiro atoms. The molecule has 0 aliphatic carbocycles. The molecule has 1 aromatic rings.